The maximum Gasteiger partial charge on any atom is 0.290 e. The zero-order valence-electron chi connectivity index (χ0n) is 14.5. The first-order valence-electron chi connectivity index (χ1n) is 7.81. The van der Waals surface area contributed by atoms with Crippen molar-refractivity contribution in [1.82, 2.24) is 14.7 Å². The Labute approximate surface area is 142 Å². The van der Waals surface area contributed by atoms with E-state index in [1.54, 1.807) is 0 Å². The number of carbonyl (C=O) groups is 3. The van der Waals surface area contributed by atoms with E-state index in [0.717, 1.165) is 32.4 Å². The van der Waals surface area contributed by atoms with Crippen molar-refractivity contribution in [3.8, 4) is 0 Å². The lowest BCUT2D eigenvalue weighted by atomic mass is 10.1. The monoisotopic (exact) mass is 347 g/mol. The highest BCUT2D eigenvalue weighted by molar-refractivity contribution is 5.82. The molecular formula is C15H29N3O6. The standard InChI is InChI=1S/C13H25N3O2.2CH2O2/c1-14(2)10-7-11(9-17)16(8-10)13(18)12-5-4-6-15(12)3;2*2-1-3/h10-12,17H,4-9H2,1-3H3;2*1H,(H,2,3)/t10-,11+,12+;;/m1../s1. The molecule has 0 unspecified atom stereocenters. The summed E-state index contributed by atoms with van der Waals surface area (Å²) in [5, 5.41) is 23.2. The van der Waals surface area contributed by atoms with E-state index in [4.69, 9.17) is 19.8 Å². The first-order valence-corrected chi connectivity index (χ1v) is 7.81. The van der Waals surface area contributed by atoms with Gasteiger partial charge in [0.15, 0.2) is 0 Å². The maximum atomic E-state index is 12.6. The molecule has 2 saturated heterocycles. The summed E-state index contributed by atoms with van der Waals surface area (Å²) in [5.41, 5.74) is 0. The van der Waals surface area contributed by atoms with Crippen LogP contribution in [0.25, 0.3) is 0 Å². The Morgan fingerprint density at radius 3 is 2.17 bits per heavy atom. The Kier molecular flexibility index (Phi) is 10.9. The van der Waals surface area contributed by atoms with Gasteiger partial charge in [0.25, 0.3) is 12.9 Å². The summed E-state index contributed by atoms with van der Waals surface area (Å²) in [6, 6.07) is 0.400. The van der Waals surface area contributed by atoms with Gasteiger partial charge in [0.1, 0.15) is 0 Å². The summed E-state index contributed by atoms with van der Waals surface area (Å²) in [4.78, 5) is 35.5. The molecule has 9 heteroatoms. The van der Waals surface area contributed by atoms with Crippen LogP contribution in [-0.4, -0.2) is 108 Å². The second-order valence-electron chi connectivity index (χ2n) is 6.03. The molecule has 0 aliphatic carbocycles. The Morgan fingerprint density at radius 1 is 1.25 bits per heavy atom. The highest BCUT2D eigenvalue weighted by Gasteiger charge is 2.40. The fourth-order valence-electron chi connectivity index (χ4n) is 3.12. The van der Waals surface area contributed by atoms with Crippen LogP contribution in [0.4, 0.5) is 0 Å². The number of rotatable bonds is 3. The lowest BCUT2D eigenvalue weighted by Crippen LogP contribution is -2.47. The van der Waals surface area contributed by atoms with Gasteiger partial charge in [-0.3, -0.25) is 19.3 Å². The molecule has 3 N–H and O–H groups in total. The number of carbonyl (C=O) groups excluding carboxylic acids is 1. The maximum absolute atomic E-state index is 12.6. The second kappa shape index (κ2) is 11.8. The summed E-state index contributed by atoms with van der Waals surface area (Å²) in [5.74, 6) is 0.207. The number of carboxylic acid groups (broad SMARTS) is 2. The van der Waals surface area contributed by atoms with Crippen molar-refractivity contribution in [2.45, 2.75) is 37.4 Å². The fourth-order valence-corrected chi connectivity index (χ4v) is 3.12. The molecule has 2 fully saturated rings. The Morgan fingerprint density at radius 2 is 1.79 bits per heavy atom. The Bertz CT molecular complexity index is 387. The zero-order chi connectivity index (χ0) is 18.7. The van der Waals surface area contributed by atoms with E-state index in [0.29, 0.717) is 6.04 Å². The van der Waals surface area contributed by atoms with Gasteiger partial charge >= 0.3 is 0 Å². The summed E-state index contributed by atoms with van der Waals surface area (Å²) in [6.45, 7) is 1.33. The first kappa shape index (κ1) is 22.3. The summed E-state index contributed by atoms with van der Waals surface area (Å²) in [6.07, 6.45) is 2.93. The second-order valence-corrected chi connectivity index (χ2v) is 6.03. The first-order chi connectivity index (χ1) is 11.4. The predicted molar refractivity (Wildman–Crippen MR) is 87.7 cm³/mol. The molecule has 140 valence electrons. The average Bonchev–Trinajstić information content (AvgIpc) is 3.14. The largest absolute Gasteiger partial charge is 0.483 e. The molecule has 0 aromatic rings. The van der Waals surface area contributed by atoms with Gasteiger partial charge < -0.3 is 25.1 Å². The summed E-state index contributed by atoms with van der Waals surface area (Å²) >= 11 is 0. The van der Waals surface area contributed by atoms with Crippen LogP contribution in [0, 0.1) is 0 Å². The number of likely N-dealkylation sites (N-methyl/N-ethyl adjacent to an activating group) is 2. The van der Waals surface area contributed by atoms with Crippen LogP contribution in [0.3, 0.4) is 0 Å². The normalized spacial score (nSPS) is 26.2. The van der Waals surface area contributed by atoms with Gasteiger partial charge in [-0.1, -0.05) is 0 Å². The molecular weight excluding hydrogens is 318 g/mol. The molecule has 2 aliphatic rings. The number of aliphatic hydroxyl groups is 1. The molecule has 0 radical (unpaired) electrons. The average molecular weight is 347 g/mol. The molecule has 0 spiro atoms. The highest BCUT2D eigenvalue weighted by atomic mass is 16.3. The van der Waals surface area contributed by atoms with Gasteiger partial charge in [0, 0.05) is 12.6 Å². The van der Waals surface area contributed by atoms with Crippen molar-refractivity contribution in [3.63, 3.8) is 0 Å². The number of aliphatic hydroxyl groups excluding tert-OH is 1. The molecule has 24 heavy (non-hydrogen) atoms. The van der Waals surface area contributed by atoms with E-state index in [1.165, 1.54) is 0 Å². The van der Waals surface area contributed by atoms with Gasteiger partial charge in [-0.25, -0.2) is 0 Å². The third-order valence-electron chi connectivity index (χ3n) is 4.42. The van der Waals surface area contributed by atoms with E-state index >= 15 is 0 Å². The minimum atomic E-state index is -0.250. The molecule has 3 atom stereocenters. The van der Waals surface area contributed by atoms with Crippen molar-refractivity contribution in [2.24, 2.45) is 0 Å². The van der Waals surface area contributed by atoms with E-state index < -0.39 is 0 Å². The molecule has 1 amide bonds. The highest BCUT2D eigenvalue weighted by Crippen LogP contribution is 2.25. The third kappa shape index (κ3) is 6.42. The molecule has 2 heterocycles. The van der Waals surface area contributed by atoms with E-state index in [-0.39, 0.29) is 37.5 Å². The lowest BCUT2D eigenvalue weighted by Gasteiger charge is -2.29. The third-order valence-corrected chi connectivity index (χ3v) is 4.42. The number of nitrogens with zero attached hydrogens (tertiary/aromatic N) is 3. The topological polar surface area (TPSA) is 122 Å². The molecule has 2 aliphatic heterocycles. The number of amides is 1. The summed E-state index contributed by atoms with van der Waals surface area (Å²) < 4.78 is 0. The van der Waals surface area contributed by atoms with Crippen LogP contribution in [0.15, 0.2) is 0 Å². The van der Waals surface area contributed by atoms with Crippen LogP contribution in [0.1, 0.15) is 19.3 Å². The number of hydrogen-bond acceptors (Lipinski definition) is 6. The van der Waals surface area contributed by atoms with Gasteiger partial charge in [-0.15, -0.1) is 0 Å². The number of hydrogen-bond donors (Lipinski definition) is 3. The molecule has 0 saturated carbocycles. The zero-order valence-corrected chi connectivity index (χ0v) is 14.5. The van der Waals surface area contributed by atoms with Gasteiger partial charge in [0.05, 0.1) is 18.7 Å². The van der Waals surface area contributed by atoms with Crippen molar-refractivity contribution in [3.05, 3.63) is 0 Å². The Balaban J connectivity index is 0.000000772. The van der Waals surface area contributed by atoms with Crippen LogP contribution in [0.5, 0.6) is 0 Å². The fraction of sp³-hybridized carbons (Fsp3) is 0.800. The van der Waals surface area contributed by atoms with E-state index in [9.17, 15) is 9.90 Å². The molecule has 9 nitrogen and oxygen atoms in total. The van der Waals surface area contributed by atoms with Crippen molar-refractivity contribution in [1.29, 1.82) is 0 Å². The van der Waals surface area contributed by atoms with Gasteiger partial charge in [-0.2, -0.15) is 0 Å². The minimum Gasteiger partial charge on any atom is -0.483 e. The number of likely N-dealkylation sites (tertiary alicyclic amines) is 2. The van der Waals surface area contributed by atoms with Gasteiger partial charge in [-0.05, 0) is 47.0 Å². The van der Waals surface area contributed by atoms with Crippen LogP contribution >= 0.6 is 0 Å². The minimum absolute atomic E-state index is 0.00102. The SMILES string of the molecule is CN(C)[C@@H]1C[C@@H](CO)N(C(=O)[C@@H]2CCCN2C)C1.O=CO.O=CO. The van der Waals surface area contributed by atoms with Crippen molar-refractivity contribution >= 4 is 18.9 Å². The molecule has 0 aromatic heterocycles. The van der Waals surface area contributed by atoms with E-state index in [1.807, 2.05) is 26.0 Å². The van der Waals surface area contributed by atoms with Crippen LogP contribution < -0.4 is 0 Å². The lowest BCUT2D eigenvalue weighted by molar-refractivity contribution is -0.137. The molecule has 0 bridgehead atoms. The Hall–Kier alpha value is -1.71. The predicted octanol–water partition coefficient (Wildman–Crippen LogP) is -0.994. The molecule has 0 aromatic carbocycles. The van der Waals surface area contributed by atoms with Crippen LogP contribution in [0.2, 0.25) is 0 Å². The quantitative estimate of drug-likeness (QED) is 0.556. The smallest absolute Gasteiger partial charge is 0.290 e. The van der Waals surface area contributed by atoms with E-state index in [2.05, 4.69) is 9.80 Å². The van der Waals surface area contributed by atoms with Crippen LogP contribution in [-0.2, 0) is 14.4 Å². The molecule has 2 rings (SSSR count). The van der Waals surface area contributed by atoms with Crippen molar-refractivity contribution < 1.29 is 29.7 Å². The van der Waals surface area contributed by atoms with Gasteiger partial charge in [0.2, 0.25) is 5.91 Å². The summed E-state index contributed by atoms with van der Waals surface area (Å²) in [7, 11) is 6.09. The van der Waals surface area contributed by atoms with Crippen molar-refractivity contribution in [2.75, 3.05) is 40.8 Å².